The number of anilines is 1. The summed E-state index contributed by atoms with van der Waals surface area (Å²) in [7, 11) is 0. The molecule has 0 unspecified atom stereocenters. The number of tetrazole rings is 1. The summed E-state index contributed by atoms with van der Waals surface area (Å²) in [6, 6.07) is 13.1. The van der Waals surface area contributed by atoms with Crippen molar-refractivity contribution >= 4 is 29.3 Å². The molecule has 0 aliphatic carbocycles. The Bertz CT molecular complexity index is 1030. The van der Waals surface area contributed by atoms with Gasteiger partial charge in [0.25, 0.3) is 0 Å². The van der Waals surface area contributed by atoms with E-state index < -0.39 is 18.0 Å². The number of nitrogens with two attached hydrogens (primary N) is 2. The van der Waals surface area contributed by atoms with Crippen LogP contribution < -0.4 is 16.8 Å². The van der Waals surface area contributed by atoms with Crippen LogP contribution in [0.15, 0.2) is 48.5 Å². The zero-order valence-corrected chi connectivity index (χ0v) is 16.6. The van der Waals surface area contributed by atoms with Gasteiger partial charge in [0.2, 0.25) is 5.91 Å². The van der Waals surface area contributed by atoms with Crippen molar-refractivity contribution in [1.29, 1.82) is 0 Å². The van der Waals surface area contributed by atoms with Crippen LogP contribution in [0.2, 0.25) is 5.02 Å². The Morgan fingerprint density at radius 2 is 1.97 bits per heavy atom. The molecule has 3 aromatic rings. The molecule has 5 N–H and O–H groups in total. The number of amides is 2. The fraction of sp³-hybridized carbons (Fsp3) is 0.211. The Labute approximate surface area is 177 Å². The van der Waals surface area contributed by atoms with Gasteiger partial charge in [-0.05, 0) is 40.6 Å². The number of carbonyl (C=O) groups is 2. The highest BCUT2D eigenvalue weighted by molar-refractivity contribution is 6.30. The van der Waals surface area contributed by atoms with Crippen LogP contribution in [-0.4, -0.2) is 38.2 Å². The molecule has 0 radical (unpaired) electrons. The zero-order chi connectivity index (χ0) is 21.5. The van der Waals surface area contributed by atoms with E-state index in [0.29, 0.717) is 22.2 Å². The van der Waals surface area contributed by atoms with Crippen LogP contribution in [0.5, 0.6) is 0 Å². The van der Waals surface area contributed by atoms with Crippen LogP contribution in [0.4, 0.5) is 10.5 Å². The summed E-state index contributed by atoms with van der Waals surface area (Å²) in [5.74, 6) is -0.275. The van der Waals surface area contributed by atoms with E-state index in [2.05, 4.69) is 20.8 Å². The monoisotopic (exact) mass is 429 g/mol. The van der Waals surface area contributed by atoms with E-state index in [0.717, 1.165) is 5.56 Å². The number of ether oxygens (including phenoxy) is 1. The first kappa shape index (κ1) is 21.1. The van der Waals surface area contributed by atoms with Crippen LogP contribution in [0.1, 0.15) is 17.8 Å². The van der Waals surface area contributed by atoms with Crippen LogP contribution in [-0.2, 0) is 22.6 Å². The minimum Gasteiger partial charge on any atom is -0.445 e. The lowest BCUT2D eigenvalue weighted by Crippen LogP contribution is -2.45. The third kappa shape index (κ3) is 5.45. The number of aryl methyl sites for hydroxylation is 1. The van der Waals surface area contributed by atoms with Gasteiger partial charge in [-0.2, -0.15) is 4.68 Å². The molecular weight excluding hydrogens is 410 g/mol. The fourth-order valence-electron chi connectivity index (χ4n) is 2.72. The molecule has 0 fully saturated rings. The predicted molar refractivity (Wildman–Crippen MR) is 110 cm³/mol. The SMILES string of the molecule is NC(=O)[C@H](CCc1nnnn1-c1cc(Cl)ccc1N)NC(=O)OCc1ccccc1. The van der Waals surface area contributed by atoms with Gasteiger partial charge in [0.15, 0.2) is 5.82 Å². The summed E-state index contributed by atoms with van der Waals surface area (Å²) in [5, 5.41) is 14.5. The van der Waals surface area contributed by atoms with E-state index in [1.165, 1.54) is 4.68 Å². The van der Waals surface area contributed by atoms with Crippen molar-refractivity contribution in [3.8, 4) is 5.69 Å². The van der Waals surface area contributed by atoms with Gasteiger partial charge >= 0.3 is 6.09 Å². The predicted octanol–water partition coefficient (Wildman–Crippen LogP) is 1.61. The van der Waals surface area contributed by atoms with Crippen molar-refractivity contribution in [3.05, 3.63) is 64.9 Å². The van der Waals surface area contributed by atoms with Crippen molar-refractivity contribution in [1.82, 2.24) is 25.5 Å². The maximum absolute atomic E-state index is 12.0. The number of nitrogen functional groups attached to an aromatic ring is 1. The van der Waals surface area contributed by atoms with E-state index in [-0.39, 0.29) is 19.4 Å². The first-order valence-electron chi connectivity index (χ1n) is 9.03. The molecule has 3 rings (SSSR count). The average molecular weight is 430 g/mol. The molecule has 0 saturated carbocycles. The largest absolute Gasteiger partial charge is 0.445 e. The van der Waals surface area contributed by atoms with Crippen molar-refractivity contribution in [2.45, 2.75) is 25.5 Å². The van der Waals surface area contributed by atoms with Crippen molar-refractivity contribution < 1.29 is 14.3 Å². The lowest BCUT2D eigenvalue weighted by molar-refractivity contribution is -0.120. The van der Waals surface area contributed by atoms with E-state index >= 15 is 0 Å². The number of nitrogens with zero attached hydrogens (tertiary/aromatic N) is 4. The van der Waals surface area contributed by atoms with Crippen molar-refractivity contribution in [2.24, 2.45) is 5.73 Å². The van der Waals surface area contributed by atoms with Crippen LogP contribution in [0.25, 0.3) is 5.69 Å². The molecule has 0 spiro atoms. The molecule has 11 heteroatoms. The molecule has 30 heavy (non-hydrogen) atoms. The zero-order valence-electron chi connectivity index (χ0n) is 15.9. The topological polar surface area (TPSA) is 151 Å². The number of alkyl carbamates (subject to hydrolysis) is 1. The smallest absolute Gasteiger partial charge is 0.408 e. The molecule has 0 saturated heterocycles. The first-order valence-corrected chi connectivity index (χ1v) is 9.41. The van der Waals surface area contributed by atoms with E-state index in [4.69, 9.17) is 27.8 Å². The van der Waals surface area contributed by atoms with Crippen molar-refractivity contribution in [2.75, 3.05) is 5.73 Å². The van der Waals surface area contributed by atoms with Crippen LogP contribution in [0.3, 0.4) is 0 Å². The molecule has 1 atom stereocenters. The van der Waals surface area contributed by atoms with E-state index in [1.54, 1.807) is 18.2 Å². The number of hydrogen-bond acceptors (Lipinski definition) is 7. The van der Waals surface area contributed by atoms with Gasteiger partial charge in [-0.25, -0.2) is 4.79 Å². The summed E-state index contributed by atoms with van der Waals surface area (Å²) in [4.78, 5) is 23.8. The Kier molecular flexibility index (Phi) is 6.81. The number of primary amides is 1. The first-order chi connectivity index (χ1) is 14.4. The second kappa shape index (κ2) is 9.70. The van der Waals surface area contributed by atoms with Gasteiger partial charge in [0.05, 0.1) is 11.4 Å². The van der Waals surface area contributed by atoms with Gasteiger partial charge in [0.1, 0.15) is 12.6 Å². The molecule has 0 aliphatic rings. The highest BCUT2D eigenvalue weighted by atomic mass is 35.5. The quantitative estimate of drug-likeness (QED) is 0.460. The number of hydrogen-bond donors (Lipinski definition) is 3. The molecule has 0 aliphatic heterocycles. The molecule has 156 valence electrons. The number of nitrogens with one attached hydrogen (secondary N) is 1. The van der Waals surface area contributed by atoms with Gasteiger partial charge < -0.3 is 21.5 Å². The summed E-state index contributed by atoms with van der Waals surface area (Å²) in [6.45, 7) is 0.0739. The maximum atomic E-state index is 12.0. The average Bonchev–Trinajstić information content (AvgIpc) is 3.20. The van der Waals surface area contributed by atoms with Crippen molar-refractivity contribution in [3.63, 3.8) is 0 Å². The third-order valence-corrected chi connectivity index (χ3v) is 4.49. The summed E-state index contributed by atoms with van der Waals surface area (Å²) >= 11 is 6.03. The molecule has 2 amide bonds. The number of rotatable bonds is 8. The minimum atomic E-state index is -0.963. The Balaban J connectivity index is 1.62. The molecule has 0 bridgehead atoms. The fourth-order valence-corrected chi connectivity index (χ4v) is 2.88. The number of carbonyl (C=O) groups excluding carboxylic acids is 2. The summed E-state index contributed by atoms with van der Waals surface area (Å²) in [6.07, 6.45) is -0.344. The van der Waals surface area contributed by atoms with Gasteiger partial charge in [-0.3, -0.25) is 4.79 Å². The van der Waals surface area contributed by atoms with Crippen LogP contribution >= 0.6 is 11.6 Å². The number of benzene rings is 2. The number of aromatic nitrogens is 4. The second-order valence-electron chi connectivity index (χ2n) is 6.41. The van der Waals surface area contributed by atoms with Gasteiger partial charge in [0, 0.05) is 11.4 Å². The van der Waals surface area contributed by atoms with E-state index in [1.807, 2.05) is 30.3 Å². The Morgan fingerprint density at radius 1 is 1.20 bits per heavy atom. The minimum absolute atomic E-state index is 0.0739. The lowest BCUT2D eigenvalue weighted by atomic mass is 10.1. The van der Waals surface area contributed by atoms with E-state index in [9.17, 15) is 9.59 Å². The highest BCUT2D eigenvalue weighted by Gasteiger charge is 2.21. The highest BCUT2D eigenvalue weighted by Crippen LogP contribution is 2.22. The van der Waals surface area contributed by atoms with Crippen LogP contribution in [0, 0.1) is 0 Å². The molecule has 2 aromatic carbocycles. The lowest BCUT2D eigenvalue weighted by Gasteiger charge is -2.15. The molecular formula is C19H20ClN7O3. The van der Waals surface area contributed by atoms with Gasteiger partial charge in [-0.15, -0.1) is 5.10 Å². The molecule has 10 nitrogen and oxygen atoms in total. The molecule has 1 heterocycles. The third-order valence-electron chi connectivity index (χ3n) is 4.26. The number of halogens is 1. The Hall–Kier alpha value is -3.66. The second-order valence-corrected chi connectivity index (χ2v) is 6.85. The summed E-state index contributed by atoms with van der Waals surface area (Å²) in [5.41, 5.74) is 13.2. The molecule has 1 aromatic heterocycles. The van der Waals surface area contributed by atoms with Gasteiger partial charge in [-0.1, -0.05) is 41.9 Å². The Morgan fingerprint density at radius 3 is 2.70 bits per heavy atom. The summed E-state index contributed by atoms with van der Waals surface area (Å²) < 4.78 is 6.56. The maximum Gasteiger partial charge on any atom is 0.408 e. The standard InChI is InChI=1S/C19H20ClN7O3/c20-13-6-7-14(21)16(10-13)27-17(24-25-26-27)9-8-15(18(22)28)23-19(29)30-11-12-4-2-1-3-5-12/h1-7,10,15H,8-9,11,21H2,(H2,22,28)(H,23,29)/t15-/m0/s1. The normalized spacial score (nSPS) is 11.6.